The van der Waals surface area contributed by atoms with Crippen LogP contribution in [0.1, 0.15) is 54.1 Å². The van der Waals surface area contributed by atoms with Crippen molar-refractivity contribution in [2.24, 2.45) is 0 Å². The minimum atomic E-state index is -1.51. The van der Waals surface area contributed by atoms with Crippen molar-refractivity contribution in [3.05, 3.63) is 47.2 Å². The quantitative estimate of drug-likeness (QED) is 0.379. The van der Waals surface area contributed by atoms with Crippen molar-refractivity contribution < 1.29 is 14.3 Å². The predicted octanol–water partition coefficient (Wildman–Crippen LogP) is 4.18. The van der Waals surface area contributed by atoms with Crippen molar-refractivity contribution >= 4 is 46.7 Å². The fraction of sp³-hybridized carbons (Fsp3) is 0.389. The molecule has 2 aliphatic carbocycles. The molecule has 0 spiro atoms. The average Bonchev–Trinajstić information content (AvgIpc) is 3.41. The molecule has 1 saturated carbocycles. The second-order valence-electron chi connectivity index (χ2n) is 6.62. The Morgan fingerprint density at radius 3 is 2.79 bits per heavy atom. The van der Waals surface area contributed by atoms with E-state index in [1.54, 1.807) is 28.9 Å². The topological polar surface area (TPSA) is 87.0 Å². The van der Waals surface area contributed by atoms with Crippen LogP contribution in [0.3, 0.4) is 0 Å². The molecule has 1 aromatic carbocycles. The Bertz CT molecular complexity index is 956. The minimum absolute atomic E-state index is 0.0474. The zero-order valence-corrected chi connectivity index (χ0v) is 17.0. The number of nitrogens with zero attached hydrogens (tertiary/aromatic N) is 4. The molecule has 10 heteroatoms. The van der Waals surface area contributed by atoms with E-state index in [4.69, 9.17) is 27.9 Å². The number of alkyl halides is 2. The van der Waals surface area contributed by atoms with Crippen molar-refractivity contribution in [2.75, 3.05) is 0 Å². The number of rotatable bonds is 6. The smallest absolute Gasteiger partial charge is 0.343 e. The van der Waals surface area contributed by atoms with Crippen molar-refractivity contribution in [1.29, 1.82) is 0 Å². The SMILES string of the molecule is O=C1C=C(OC(=O)c2ccccc2C(Cl)(Cl)Sc2nnnn2C2CC2)CCC1. The standard InChI is InChI=1S/C18H16Cl2N4O3S/c19-18(20,28-17-21-22-23-24(17)11-8-9-11)15-7-2-1-6-14(15)16(26)27-13-5-3-4-12(25)10-13/h1-2,6-7,10-11H,3-5,8-9H2. The zero-order valence-electron chi connectivity index (χ0n) is 14.7. The van der Waals surface area contributed by atoms with Crippen molar-refractivity contribution in [1.82, 2.24) is 20.2 Å². The summed E-state index contributed by atoms with van der Waals surface area (Å²) in [6.07, 6.45) is 5.05. The number of carbonyl (C=O) groups is 2. The molecule has 0 radical (unpaired) electrons. The molecular weight excluding hydrogens is 423 g/mol. The summed E-state index contributed by atoms with van der Waals surface area (Å²) in [7, 11) is 0. The van der Waals surface area contributed by atoms with Gasteiger partial charge in [0.2, 0.25) is 5.16 Å². The maximum absolute atomic E-state index is 12.7. The van der Waals surface area contributed by atoms with Gasteiger partial charge in [0.15, 0.2) is 9.45 Å². The maximum Gasteiger partial charge on any atom is 0.343 e. The summed E-state index contributed by atoms with van der Waals surface area (Å²) >= 11 is 14.3. The van der Waals surface area contributed by atoms with Crippen LogP contribution in [0.2, 0.25) is 0 Å². The molecule has 0 amide bonds. The average molecular weight is 439 g/mol. The predicted molar refractivity (Wildman–Crippen MR) is 104 cm³/mol. The second-order valence-corrected chi connectivity index (χ2v) is 9.58. The van der Waals surface area contributed by atoms with E-state index in [1.807, 2.05) is 0 Å². The highest BCUT2D eigenvalue weighted by Crippen LogP contribution is 2.50. The first kappa shape index (κ1) is 19.4. The lowest BCUT2D eigenvalue weighted by atomic mass is 10.0. The monoisotopic (exact) mass is 438 g/mol. The van der Waals surface area contributed by atoms with Gasteiger partial charge in [0.25, 0.3) is 0 Å². The van der Waals surface area contributed by atoms with Crippen LogP contribution in [0.5, 0.6) is 0 Å². The summed E-state index contributed by atoms with van der Waals surface area (Å²) in [5, 5.41) is 12.2. The molecular formula is C18H16Cl2N4O3S. The summed E-state index contributed by atoms with van der Waals surface area (Å²) in [5.41, 5.74) is 0.603. The molecule has 0 bridgehead atoms. The Balaban J connectivity index is 1.58. The minimum Gasteiger partial charge on any atom is -0.427 e. The third-order valence-electron chi connectivity index (χ3n) is 4.43. The lowest BCUT2D eigenvalue weighted by molar-refractivity contribution is -0.115. The lowest BCUT2D eigenvalue weighted by Gasteiger charge is -2.21. The van der Waals surface area contributed by atoms with Gasteiger partial charge in [-0.05, 0) is 47.5 Å². The summed E-state index contributed by atoms with van der Waals surface area (Å²) in [4.78, 5) is 24.3. The van der Waals surface area contributed by atoms with E-state index in [9.17, 15) is 9.59 Å². The highest BCUT2D eigenvalue weighted by atomic mass is 35.5. The van der Waals surface area contributed by atoms with Crippen molar-refractivity contribution in [2.45, 2.75) is 47.0 Å². The Kier molecular flexibility index (Phi) is 5.44. The molecule has 0 atom stereocenters. The first-order chi connectivity index (χ1) is 13.4. The first-order valence-corrected chi connectivity index (χ1v) is 10.4. The van der Waals surface area contributed by atoms with Gasteiger partial charge in [0.05, 0.1) is 11.6 Å². The molecule has 0 aliphatic heterocycles. The van der Waals surface area contributed by atoms with E-state index < -0.39 is 9.63 Å². The first-order valence-electron chi connectivity index (χ1n) is 8.84. The molecule has 0 unspecified atom stereocenters. The summed E-state index contributed by atoms with van der Waals surface area (Å²) in [5.74, 6) is -0.297. The zero-order chi connectivity index (χ0) is 19.7. The van der Waals surface area contributed by atoms with E-state index in [-0.39, 0.29) is 17.4 Å². The molecule has 1 fully saturated rings. The summed E-state index contributed by atoms with van der Waals surface area (Å²) < 4.78 is 5.61. The number of benzene rings is 1. The summed E-state index contributed by atoms with van der Waals surface area (Å²) in [6.45, 7) is 0. The molecule has 146 valence electrons. The molecule has 1 heterocycles. The number of tetrazole rings is 1. The van der Waals surface area contributed by atoms with E-state index in [2.05, 4.69) is 15.5 Å². The van der Waals surface area contributed by atoms with Gasteiger partial charge in [-0.25, -0.2) is 9.48 Å². The second kappa shape index (κ2) is 7.85. The number of thioether (sulfide) groups is 1. The van der Waals surface area contributed by atoms with E-state index in [0.29, 0.717) is 35.7 Å². The van der Waals surface area contributed by atoms with Crippen LogP contribution in [-0.2, 0) is 13.2 Å². The third kappa shape index (κ3) is 4.24. The van der Waals surface area contributed by atoms with Gasteiger partial charge in [0.1, 0.15) is 5.76 Å². The van der Waals surface area contributed by atoms with Crippen LogP contribution in [0, 0.1) is 0 Å². The van der Waals surface area contributed by atoms with Crippen LogP contribution in [-0.4, -0.2) is 32.0 Å². The van der Waals surface area contributed by atoms with Gasteiger partial charge in [0, 0.05) is 24.5 Å². The van der Waals surface area contributed by atoms with Gasteiger partial charge in [-0.1, -0.05) is 41.4 Å². The normalized spacial score (nSPS) is 17.4. The van der Waals surface area contributed by atoms with Gasteiger partial charge in [-0.2, -0.15) is 0 Å². The number of hydrogen-bond donors (Lipinski definition) is 0. The molecule has 4 rings (SSSR count). The maximum atomic E-state index is 12.7. The number of allylic oxidation sites excluding steroid dienone is 2. The highest BCUT2D eigenvalue weighted by molar-refractivity contribution is 8.02. The van der Waals surface area contributed by atoms with Crippen LogP contribution < -0.4 is 0 Å². The van der Waals surface area contributed by atoms with E-state index >= 15 is 0 Å². The van der Waals surface area contributed by atoms with Crippen LogP contribution >= 0.6 is 35.0 Å². The largest absolute Gasteiger partial charge is 0.427 e. The van der Waals surface area contributed by atoms with Crippen LogP contribution in [0.25, 0.3) is 0 Å². The highest BCUT2D eigenvalue weighted by Gasteiger charge is 2.37. The molecule has 7 nitrogen and oxygen atoms in total. The number of carbonyl (C=O) groups excluding carboxylic acids is 2. The van der Waals surface area contributed by atoms with Gasteiger partial charge in [-0.3, -0.25) is 4.79 Å². The lowest BCUT2D eigenvalue weighted by Crippen LogP contribution is -2.16. The summed E-state index contributed by atoms with van der Waals surface area (Å²) in [6, 6.07) is 6.95. The van der Waals surface area contributed by atoms with E-state index in [0.717, 1.165) is 24.6 Å². The molecule has 2 aliphatic rings. The number of esters is 1. The van der Waals surface area contributed by atoms with Gasteiger partial charge < -0.3 is 4.74 Å². The molecule has 1 aromatic heterocycles. The molecule has 2 aromatic rings. The van der Waals surface area contributed by atoms with Gasteiger partial charge in [-0.15, -0.1) is 5.10 Å². The number of ether oxygens (including phenoxy) is 1. The fourth-order valence-electron chi connectivity index (χ4n) is 2.90. The molecule has 28 heavy (non-hydrogen) atoms. The Morgan fingerprint density at radius 1 is 1.25 bits per heavy atom. The number of aromatic nitrogens is 4. The van der Waals surface area contributed by atoms with Crippen LogP contribution in [0.4, 0.5) is 0 Å². The van der Waals surface area contributed by atoms with Crippen molar-refractivity contribution in [3.63, 3.8) is 0 Å². The number of hydrogen-bond acceptors (Lipinski definition) is 7. The van der Waals surface area contributed by atoms with Crippen LogP contribution in [0.15, 0.2) is 41.3 Å². The third-order valence-corrected chi connectivity index (χ3v) is 6.23. The van der Waals surface area contributed by atoms with Crippen molar-refractivity contribution in [3.8, 4) is 0 Å². The molecule has 0 N–H and O–H groups in total. The number of ketones is 1. The fourth-order valence-corrected chi connectivity index (χ4v) is 4.52. The molecule has 0 saturated heterocycles. The Morgan fingerprint density at radius 2 is 2.04 bits per heavy atom. The Hall–Kier alpha value is -1.90. The Labute approximate surface area is 175 Å². The van der Waals surface area contributed by atoms with Gasteiger partial charge >= 0.3 is 5.97 Å². The number of halogens is 2. The van der Waals surface area contributed by atoms with E-state index in [1.165, 1.54) is 6.08 Å².